The number of piperazine rings is 1. The molecule has 0 spiro atoms. The van der Waals surface area contributed by atoms with Gasteiger partial charge in [-0.25, -0.2) is 4.39 Å². The third kappa shape index (κ3) is 4.37. The zero-order valence-corrected chi connectivity index (χ0v) is 17.8. The first-order valence-corrected chi connectivity index (χ1v) is 11.5. The number of nitrogens with zero attached hydrogens (tertiary/aromatic N) is 2. The van der Waals surface area contributed by atoms with Crippen LogP contribution in [0.3, 0.4) is 0 Å². The second kappa shape index (κ2) is 8.78. The van der Waals surface area contributed by atoms with Gasteiger partial charge >= 0.3 is 0 Å². The molecule has 6 heteroatoms. The molecule has 3 aromatic rings. The van der Waals surface area contributed by atoms with Gasteiger partial charge in [0.15, 0.2) is 15.3 Å². The van der Waals surface area contributed by atoms with Crippen molar-refractivity contribution < 1.29 is 13.2 Å². The van der Waals surface area contributed by atoms with Gasteiger partial charge in [-0.2, -0.15) is 0 Å². The minimum Gasteiger partial charge on any atom is -0.593 e. The highest BCUT2D eigenvalue weighted by Crippen LogP contribution is 2.28. The Kier molecular flexibility index (Phi) is 6.11. The molecule has 1 saturated heterocycles. The molecule has 1 unspecified atom stereocenters. The van der Waals surface area contributed by atoms with E-state index in [2.05, 4.69) is 4.90 Å². The lowest BCUT2D eigenvalue weighted by molar-refractivity contribution is 0.174. The molecule has 1 aliphatic rings. The van der Waals surface area contributed by atoms with Crippen molar-refractivity contribution in [1.29, 1.82) is 0 Å². The third-order valence-corrected chi connectivity index (χ3v) is 7.48. The molecular formula is C24H25FN2O2S. The Morgan fingerprint density at radius 3 is 2.13 bits per heavy atom. The summed E-state index contributed by atoms with van der Waals surface area (Å²) in [4.78, 5) is 2.56. The molecule has 1 fully saturated rings. The molecule has 0 radical (unpaired) electrons. The molecule has 4 nitrogen and oxygen atoms in total. The van der Waals surface area contributed by atoms with Gasteiger partial charge in [0.2, 0.25) is 0 Å². The Labute approximate surface area is 178 Å². The van der Waals surface area contributed by atoms with Crippen molar-refractivity contribution in [3.05, 3.63) is 89.7 Å². The molecule has 0 aliphatic carbocycles. The van der Waals surface area contributed by atoms with Crippen molar-refractivity contribution in [2.24, 2.45) is 0 Å². The molecule has 1 heterocycles. The van der Waals surface area contributed by atoms with Crippen LogP contribution in [-0.4, -0.2) is 39.9 Å². The number of halogens is 1. The minimum absolute atomic E-state index is 0.237. The Balaban J connectivity index is 1.46. The second-order valence-electron chi connectivity index (χ2n) is 7.63. The van der Waals surface area contributed by atoms with Crippen molar-refractivity contribution in [3.8, 4) is 11.1 Å². The zero-order valence-electron chi connectivity index (χ0n) is 17.0. The van der Waals surface area contributed by atoms with Gasteiger partial charge in [-0.05, 0) is 36.2 Å². The van der Waals surface area contributed by atoms with Crippen LogP contribution in [0.1, 0.15) is 11.1 Å². The molecule has 0 amide bonds. The van der Waals surface area contributed by atoms with Crippen LogP contribution in [0.25, 0.3) is 11.1 Å². The first kappa shape index (κ1) is 20.9. The molecule has 156 valence electrons. The summed E-state index contributed by atoms with van der Waals surface area (Å²) in [6.45, 7) is 4.75. The van der Waals surface area contributed by atoms with Gasteiger partial charge in [0.25, 0.3) is 0 Å². The van der Waals surface area contributed by atoms with E-state index in [9.17, 15) is 13.2 Å². The van der Waals surface area contributed by atoms with Crippen molar-refractivity contribution >= 4 is 10.4 Å². The van der Waals surface area contributed by atoms with E-state index < -0.39 is 10.4 Å². The normalized spacial score (nSPS) is 17.6. The van der Waals surface area contributed by atoms with Crippen LogP contribution in [0.2, 0.25) is 0 Å². The van der Waals surface area contributed by atoms with Gasteiger partial charge in [-0.15, -0.1) is 4.31 Å². The van der Waals surface area contributed by atoms with Crippen molar-refractivity contribution in [1.82, 2.24) is 9.21 Å². The lowest BCUT2D eigenvalue weighted by Gasteiger charge is -2.36. The highest BCUT2D eigenvalue weighted by atomic mass is 32.3. The summed E-state index contributed by atoms with van der Waals surface area (Å²) >= 11 is 0. The van der Waals surface area contributed by atoms with E-state index in [0.29, 0.717) is 43.2 Å². The quantitative estimate of drug-likeness (QED) is 0.566. The largest absolute Gasteiger partial charge is 0.593 e. The molecule has 0 saturated carbocycles. The lowest BCUT2D eigenvalue weighted by Crippen LogP contribution is -2.50. The summed E-state index contributed by atoms with van der Waals surface area (Å²) in [5, 5.41) is 0. The minimum atomic E-state index is -3.47. The van der Waals surface area contributed by atoms with E-state index in [1.807, 2.05) is 49.4 Å². The number of hydrogen-bond donors (Lipinski definition) is 0. The molecular weight excluding hydrogens is 399 g/mol. The fraction of sp³-hybridized carbons (Fsp3) is 0.250. The number of hydrogen-bond acceptors (Lipinski definition) is 3. The fourth-order valence-electron chi connectivity index (χ4n) is 3.83. The molecule has 0 aromatic heterocycles. The number of benzene rings is 3. The predicted molar refractivity (Wildman–Crippen MR) is 117 cm³/mol. The predicted octanol–water partition coefficient (Wildman–Crippen LogP) is 4.52. The standard InChI is InChI=1S/C24H25FN2O2S/c1-19-10-12-21(13-11-19)30(28,29)27-16-14-26(15-17-27)18-20-6-2-3-7-22(20)23-8-4-5-9-24(23)25/h2-13H,14-18H2,1H3. The summed E-state index contributed by atoms with van der Waals surface area (Å²) in [6.07, 6.45) is 0. The monoisotopic (exact) mass is 424 g/mol. The lowest BCUT2D eigenvalue weighted by atomic mass is 9.99. The van der Waals surface area contributed by atoms with E-state index in [4.69, 9.17) is 0 Å². The Hall–Kier alpha value is -2.38. The van der Waals surface area contributed by atoms with Gasteiger partial charge in [-0.1, -0.05) is 64.4 Å². The van der Waals surface area contributed by atoms with E-state index in [1.165, 1.54) is 6.07 Å². The molecule has 0 bridgehead atoms. The smallest absolute Gasteiger partial charge is 0.175 e. The molecule has 30 heavy (non-hydrogen) atoms. The van der Waals surface area contributed by atoms with Crippen molar-refractivity contribution in [3.63, 3.8) is 0 Å². The summed E-state index contributed by atoms with van der Waals surface area (Å²) < 4.78 is 41.7. The summed E-state index contributed by atoms with van der Waals surface area (Å²) in [5.41, 5.74) is 3.55. The summed E-state index contributed by atoms with van der Waals surface area (Å²) in [7, 11) is -3.47. The van der Waals surface area contributed by atoms with E-state index in [1.54, 1.807) is 28.6 Å². The Morgan fingerprint density at radius 1 is 0.867 bits per heavy atom. The van der Waals surface area contributed by atoms with Gasteiger partial charge in [0.05, 0.1) is 13.1 Å². The van der Waals surface area contributed by atoms with Crippen molar-refractivity contribution in [2.45, 2.75) is 18.4 Å². The van der Waals surface area contributed by atoms with Gasteiger partial charge < -0.3 is 4.55 Å². The van der Waals surface area contributed by atoms with Crippen molar-refractivity contribution in [2.75, 3.05) is 26.2 Å². The Morgan fingerprint density at radius 2 is 1.47 bits per heavy atom. The van der Waals surface area contributed by atoms with Crippen LogP contribution in [0.4, 0.5) is 4.39 Å². The van der Waals surface area contributed by atoms with Crippen LogP contribution < -0.4 is 0 Å². The van der Waals surface area contributed by atoms with Crippen LogP contribution in [-0.2, 0) is 21.2 Å². The fourth-order valence-corrected chi connectivity index (χ4v) is 5.25. The maximum Gasteiger partial charge on any atom is 0.175 e. The van der Waals surface area contributed by atoms with Crippen LogP contribution in [0.5, 0.6) is 0 Å². The third-order valence-electron chi connectivity index (χ3n) is 5.57. The van der Waals surface area contributed by atoms with E-state index in [0.717, 1.165) is 16.7 Å². The summed E-state index contributed by atoms with van der Waals surface area (Å²) in [6, 6.07) is 21.6. The number of aryl methyl sites for hydroxylation is 1. The molecule has 1 aliphatic heterocycles. The average molecular weight is 425 g/mol. The molecule has 1 atom stereocenters. The average Bonchev–Trinajstić information content (AvgIpc) is 2.75. The first-order valence-electron chi connectivity index (χ1n) is 10.1. The maximum atomic E-state index is 14.3. The Bertz CT molecular complexity index is 1060. The first-order chi connectivity index (χ1) is 14.4. The van der Waals surface area contributed by atoms with Gasteiger partial charge in [-0.3, -0.25) is 4.90 Å². The summed E-state index contributed by atoms with van der Waals surface area (Å²) in [5.74, 6) is -0.237. The second-order valence-corrected chi connectivity index (χ2v) is 9.57. The topological polar surface area (TPSA) is 46.6 Å². The van der Waals surface area contributed by atoms with Crippen LogP contribution in [0.15, 0.2) is 77.7 Å². The van der Waals surface area contributed by atoms with Crippen LogP contribution >= 0.6 is 0 Å². The van der Waals surface area contributed by atoms with Crippen LogP contribution in [0, 0.1) is 12.7 Å². The molecule has 4 rings (SSSR count). The SMILES string of the molecule is Cc1ccc([S+](=O)([O-])N2CCN(Cc3ccccc3-c3ccccc3F)CC2)cc1. The van der Waals surface area contributed by atoms with E-state index in [-0.39, 0.29) is 5.82 Å². The highest BCUT2D eigenvalue weighted by Gasteiger charge is 2.33. The maximum absolute atomic E-state index is 14.3. The zero-order chi connectivity index (χ0) is 21.1. The van der Waals surface area contributed by atoms with E-state index >= 15 is 0 Å². The molecule has 0 N–H and O–H groups in total. The number of rotatable bonds is 5. The number of sulfonamides is 1. The van der Waals surface area contributed by atoms with Gasteiger partial charge in [0.1, 0.15) is 5.82 Å². The highest BCUT2D eigenvalue weighted by molar-refractivity contribution is 7.95. The van der Waals surface area contributed by atoms with Gasteiger partial charge in [0, 0.05) is 25.2 Å². The molecule has 3 aromatic carbocycles.